The van der Waals surface area contributed by atoms with Crippen LogP contribution in [-0.4, -0.2) is 37.3 Å². The van der Waals surface area contributed by atoms with E-state index in [0.29, 0.717) is 35.5 Å². The molecule has 1 aliphatic heterocycles. The highest BCUT2D eigenvalue weighted by Crippen LogP contribution is 2.35. The molecule has 8 nitrogen and oxygen atoms in total. The quantitative estimate of drug-likeness (QED) is 0.585. The second-order valence-electron chi connectivity index (χ2n) is 6.35. The fraction of sp³-hybridized carbons (Fsp3) is 0.222. The van der Waals surface area contributed by atoms with Gasteiger partial charge in [-0.1, -0.05) is 0 Å². The summed E-state index contributed by atoms with van der Waals surface area (Å²) in [5.41, 5.74) is 2.89. The van der Waals surface area contributed by atoms with Crippen LogP contribution in [0.1, 0.15) is 39.6 Å². The number of hydrogen-bond donors (Lipinski definition) is 1. The summed E-state index contributed by atoms with van der Waals surface area (Å²) >= 11 is 0. The molecule has 1 aromatic carbocycles. The lowest BCUT2D eigenvalue weighted by atomic mass is 10.0. The van der Waals surface area contributed by atoms with Crippen LogP contribution in [0.5, 0.6) is 0 Å². The van der Waals surface area contributed by atoms with E-state index < -0.39 is 11.9 Å². The van der Waals surface area contributed by atoms with Gasteiger partial charge in [-0.25, -0.2) is 19.3 Å². The van der Waals surface area contributed by atoms with Gasteiger partial charge < -0.3 is 18.7 Å². The highest BCUT2D eigenvalue weighted by atomic mass is 19.1. The predicted octanol–water partition coefficient (Wildman–Crippen LogP) is 2.77. The molecule has 0 saturated carbocycles. The molecule has 9 heteroatoms. The van der Waals surface area contributed by atoms with Crippen molar-refractivity contribution in [1.29, 1.82) is 0 Å². The molecule has 0 spiro atoms. The Kier molecular flexibility index (Phi) is 3.36. The largest absolute Gasteiger partial charge is 0.438 e. The molecule has 0 unspecified atom stereocenters. The molecule has 1 aliphatic rings. The van der Waals surface area contributed by atoms with Crippen LogP contribution in [0.25, 0.3) is 11.1 Å². The van der Waals surface area contributed by atoms with Gasteiger partial charge in [-0.2, -0.15) is 0 Å². The maximum atomic E-state index is 13.5. The number of aromatic nitrogens is 4. The Balaban J connectivity index is 1.64. The number of imidazole rings is 1. The number of hydrogen-bond acceptors (Lipinski definition) is 6. The van der Waals surface area contributed by atoms with Gasteiger partial charge in [0.2, 0.25) is 11.7 Å². The van der Waals surface area contributed by atoms with Crippen molar-refractivity contribution in [1.82, 2.24) is 24.8 Å². The van der Waals surface area contributed by atoms with Crippen molar-refractivity contribution in [2.75, 3.05) is 6.54 Å². The Bertz CT molecular complexity index is 1160. The van der Waals surface area contributed by atoms with Gasteiger partial charge in [0, 0.05) is 24.7 Å². The fourth-order valence-corrected chi connectivity index (χ4v) is 3.42. The number of nitrogens with zero attached hydrogens (tertiary/aromatic N) is 4. The second kappa shape index (κ2) is 5.76. The lowest BCUT2D eigenvalue weighted by Crippen LogP contribution is -2.41. The van der Waals surface area contributed by atoms with Crippen molar-refractivity contribution in [3.05, 3.63) is 65.5 Å². The molecule has 0 fully saturated rings. The van der Waals surface area contributed by atoms with E-state index in [1.807, 2.05) is 0 Å². The molecule has 0 aliphatic carbocycles. The van der Waals surface area contributed by atoms with Crippen LogP contribution in [0.3, 0.4) is 0 Å². The number of carbonyl (C=O) groups is 1. The normalized spacial score (nSPS) is 16.7. The lowest BCUT2D eigenvalue weighted by molar-refractivity contribution is 0.0634. The first-order valence-electron chi connectivity index (χ1n) is 8.41. The molecule has 4 heterocycles. The average Bonchev–Trinajstić information content (AvgIpc) is 3.38. The Hall–Kier alpha value is -3.49. The number of nitrogens with one attached hydrogen (secondary N) is 1. The lowest BCUT2D eigenvalue weighted by Gasteiger charge is -2.32. The number of H-pyrrole nitrogens is 1. The van der Waals surface area contributed by atoms with Gasteiger partial charge >= 0.3 is 0 Å². The van der Waals surface area contributed by atoms with E-state index in [9.17, 15) is 9.18 Å². The minimum absolute atomic E-state index is 0.168. The number of rotatable bonds is 2. The fourth-order valence-electron chi connectivity index (χ4n) is 3.42. The summed E-state index contributed by atoms with van der Waals surface area (Å²) in [6.45, 7) is 2.13. The van der Waals surface area contributed by atoms with Gasteiger partial charge in [-0.15, -0.1) is 0 Å². The number of carbonyl (C=O) groups excluding carboxylic acids is 1. The standard InChI is InChI=1S/C18H14FN5O3/c1-9-16(26-8-22-9)18(25)24-5-4-12-14(21-7-20-12)15(24)17-23-11-3-2-10(19)6-13(11)27-17/h2-3,6-8,15H,4-5H2,1H3,(H,20,21)/t15-/m0/s1. The number of aromatic amines is 1. The molecule has 1 N–H and O–H groups in total. The Morgan fingerprint density at radius 1 is 1.37 bits per heavy atom. The number of aryl methyl sites for hydroxylation is 1. The minimum atomic E-state index is -0.646. The van der Waals surface area contributed by atoms with E-state index in [1.165, 1.54) is 18.5 Å². The topological polar surface area (TPSA) is 101 Å². The van der Waals surface area contributed by atoms with E-state index in [1.54, 1.807) is 24.2 Å². The zero-order valence-corrected chi connectivity index (χ0v) is 14.3. The number of halogens is 1. The number of fused-ring (bicyclic) bond motifs is 2. The van der Waals surface area contributed by atoms with E-state index in [4.69, 9.17) is 8.83 Å². The Morgan fingerprint density at radius 3 is 3.07 bits per heavy atom. The van der Waals surface area contributed by atoms with Crippen molar-refractivity contribution in [3.8, 4) is 0 Å². The maximum Gasteiger partial charge on any atom is 0.292 e. The van der Waals surface area contributed by atoms with Crippen molar-refractivity contribution < 1.29 is 18.0 Å². The van der Waals surface area contributed by atoms with Crippen LogP contribution in [0, 0.1) is 12.7 Å². The highest BCUT2D eigenvalue weighted by molar-refractivity contribution is 5.93. The molecule has 136 valence electrons. The number of benzene rings is 1. The Morgan fingerprint density at radius 2 is 2.26 bits per heavy atom. The average molecular weight is 367 g/mol. The third-order valence-corrected chi connectivity index (χ3v) is 4.73. The minimum Gasteiger partial charge on any atom is -0.438 e. The molecule has 5 rings (SSSR count). The molecule has 1 atom stereocenters. The summed E-state index contributed by atoms with van der Waals surface area (Å²) in [7, 11) is 0. The van der Waals surface area contributed by atoms with Crippen molar-refractivity contribution >= 4 is 17.0 Å². The number of oxazole rings is 2. The van der Waals surface area contributed by atoms with Gasteiger partial charge in [0.15, 0.2) is 18.0 Å². The van der Waals surface area contributed by atoms with E-state index in [-0.39, 0.29) is 17.6 Å². The number of amides is 1. The van der Waals surface area contributed by atoms with Gasteiger partial charge in [0.25, 0.3) is 5.91 Å². The smallest absolute Gasteiger partial charge is 0.292 e. The highest BCUT2D eigenvalue weighted by Gasteiger charge is 2.39. The summed E-state index contributed by atoms with van der Waals surface area (Å²) in [5.74, 6) is -0.299. The van der Waals surface area contributed by atoms with Gasteiger partial charge in [-0.3, -0.25) is 4.79 Å². The summed E-state index contributed by atoms with van der Waals surface area (Å²) in [6, 6.07) is 3.48. The predicted molar refractivity (Wildman–Crippen MR) is 90.4 cm³/mol. The van der Waals surface area contributed by atoms with Crippen molar-refractivity contribution in [2.45, 2.75) is 19.4 Å². The van der Waals surface area contributed by atoms with E-state index in [0.717, 1.165) is 5.69 Å². The summed E-state index contributed by atoms with van der Waals surface area (Å²) in [4.78, 5) is 30.6. The molecular weight excluding hydrogens is 353 g/mol. The SMILES string of the molecule is Cc1ncoc1C(=O)N1CCc2[nH]cnc2[C@H]1c1nc2ccc(F)cc2o1. The van der Waals surface area contributed by atoms with Crippen LogP contribution in [0.4, 0.5) is 4.39 Å². The monoisotopic (exact) mass is 367 g/mol. The molecule has 0 radical (unpaired) electrons. The van der Waals surface area contributed by atoms with Crippen LogP contribution < -0.4 is 0 Å². The molecule has 0 bridgehead atoms. The van der Waals surface area contributed by atoms with E-state index >= 15 is 0 Å². The van der Waals surface area contributed by atoms with Crippen LogP contribution in [0.15, 0.2) is 39.8 Å². The van der Waals surface area contributed by atoms with Crippen LogP contribution >= 0.6 is 0 Å². The molecule has 27 heavy (non-hydrogen) atoms. The molecule has 0 saturated heterocycles. The third kappa shape index (κ3) is 2.42. The van der Waals surface area contributed by atoms with Gasteiger partial charge in [-0.05, 0) is 19.1 Å². The maximum absolute atomic E-state index is 13.5. The first-order chi connectivity index (χ1) is 13.1. The first-order valence-corrected chi connectivity index (χ1v) is 8.41. The molecular formula is C18H14FN5O3. The van der Waals surface area contributed by atoms with E-state index in [2.05, 4.69) is 19.9 Å². The summed E-state index contributed by atoms with van der Waals surface area (Å²) in [5, 5.41) is 0. The summed E-state index contributed by atoms with van der Waals surface area (Å²) < 4.78 is 24.6. The molecule has 3 aromatic heterocycles. The van der Waals surface area contributed by atoms with Crippen LogP contribution in [-0.2, 0) is 6.42 Å². The van der Waals surface area contributed by atoms with Crippen molar-refractivity contribution in [3.63, 3.8) is 0 Å². The van der Waals surface area contributed by atoms with Crippen molar-refractivity contribution in [2.24, 2.45) is 0 Å². The Labute approximate surface area is 152 Å². The molecule has 1 amide bonds. The van der Waals surface area contributed by atoms with Gasteiger partial charge in [0.1, 0.15) is 11.3 Å². The third-order valence-electron chi connectivity index (χ3n) is 4.73. The first kappa shape index (κ1) is 15.7. The van der Waals surface area contributed by atoms with Crippen LogP contribution in [0.2, 0.25) is 0 Å². The zero-order chi connectivity index (χ0) is 18.5. The molecule has 4 aromatic rings. The second-order valence-corrected chi connectivity index (χ2v) is 6.35. The summed E-state index contributed by atoms with van der Waals surface area (Å²) in [6.07, 6.45) is 3.43. The van der Waals surface area contributed by atoms with Gasteiger partial charge in [0.05, 0.1) is 17.7 Å². The zero-order valence-electron chi connectivity index (χ0n) is 14.3.